The number of fused-ring (bicyclic) bond motifs is 2. The molecule has 0 spiro atoms. The lowest BCUT2D eigenvalue weighted by molar-refractivity contribution is -0.254. The van der Waals surface area contributed by atoms with E-state index < -0.39 is 5.97 Å². The van der Waals surface area contributed by atoms with Crippen LogP contribution >= 0.6 is 0 Å². The Bertz CT molecular complexity index is 836. The third kappa shape index (κ3) is 1.37. The van der Waals surface area contributed by atoms with E-state index in [-0.39, 0.29) is 16.8 Å². The normalized spacial score (nSPS) is 10.9. The second-order valence-electron chi connectivity index (χ2n) is 3.84. The van der Waals surface area contributed by atoms with Gasteiger partial charge in [0.1, 0.15) is 5.65 Å². The summed E-state index contributed by atoms with van der Waals surface area (Å²) >= 11 is 0. The summed E-state index contributed by atoms with van der Waals surface area (Å²) in [6.45, 7) is 0. The molecule has 0 radical (unpaired) electrons. The van der Waals surface area contributed by atoms with Gasteiger partial charge in [-0.3, -0.25) is 9.20 Å². The van der Waals surface area contributed by atoms with Crippen molar-refractivity contribution in [3.63, 3.8) is 0 Å². The minimum absolute atomic E-state index is 0.0969. The molecule has 1 aromatic carbocycles. The first kappa shape index (κ1) is 10.5. The van der Waals surface area contributed by atoms with Crippen molar-refractivity contribution in [2.24, 2.45) is 0 Å². The van der Waals surface area contributed by atoms with E-state index in [1.54, 1.807) is 24.3 Å². The van der Waals surface area contributed by atoms with E-state index >= 15 is 0 Å². The number of hydrogen-bond acceptors (Lipinski definition) is 4. The van der Waals surface area contributed by atoms with Crippen molar-refractivity contribution >= 4 is 22.5 Å². The Kier molecular flexibility index (Phi) is 2.13. The van der Waals surface area contributed by atoms with Crippen LogP contribution < -0.4 is 10.7 Å². The number of aromatic nitrogens is 2. The van der Waals surface area contributed by atoms with Crippen molar-refractivity contribution in [2.75, 3.05) is 0 Å². The number of para-hydroxylation sites is 1. The highest BCUT2D eigenvalue weighted by molar-refractivity contribution is 5.94. The first-order valence-corrected chi connectivity index (χ1v) is 5.30. The fraction of sp³-hybridized carbons (Fsp3) is 0. The molecule has 0 N–H and O–H groups in total. The minimum atomic E-state index is -1.35. The topological polar surface area (TPSA) is 74.5 Å². The van der Waals surface area contributed by atoms with Gasteiger partial charge in [0, 0.05) is 11.8 Å². The van der Waals surface area contributed by atoms with E-state index in [1.807, 2.05) is 0 Å². The molecule has 2 heterocycles. The smallest absolute Gasteiger partial charge is 0.265 e. The second kappa shape index (κ2) is 3.66. The lowest BCUT2D eigenvalue weighted by Crippen LogP contribution is -2.25. The first-order valence-electron chi connectivity index (χ1n) is 5.30. The number of benzene rings is 1. The molecule has 0 atom stereocenters. The van der Waals surface area contributed by atoms with Crippen molar-refractivity contribution in [3.05, 3.63) is 58.5 Å². The molecule has 0 aliphatic rings. The van der Waals surface area contributed by atoms with Gasteiger partial charge >= 0.3 is 0 Å². The molecule has 0 fully saturated rings. The van der Waals surface area contributed by atoms with E-state index in [0.29, 0.717) is 10.9 Å². The second-order valence-corrected chi connectivity index (χ2v) is 3.84. The zero-order valence-corrected chi connectivity index (χ0v) is 9.16. The van der Waals surface area contributed by atoms with Crippen molar-refractivity contribution in [3.8, 4) is 0 Å². The summed E-state index contributed by atoms with van der Waals surface area (Å²) in [5.74, 6) is -1.35. The van der Waals surface area contributed by atoms with Crippen LogP contribution in [-0.2, 0) is 0 Å². The van der Waals surface area contributed by atoms with Gasteiger partial charge < -0.3 is 9.90 Å². The maximum atomic E-state index is 12.2. The van der Waals surface area contributed by atoms with Gasteiger partial charge in [0.15, 0.2) is 0 Å². The number of carbonyl (C=O) groups is 1. The Morgan fingerprint density at radius 1 is 1.17 bits per heavy atom. The monoisotopic (exact) mass is 239 g/mol. The average molecular weight is 239 g/mol. The van der Waals surface area contributed by atoms with Gasteiger partial charge in [0.05, 0.1) is 16.9 Å². The summed E-state index contributed by atoms with van der Waals surface area (Å²) in [7, 11) is 0. The molecule has 5 nitrogen and oxygen atoms in total. The molecule has 0 aliphatic heterocycles. The van der Waals surface area contributed by atoms with E-state index in [9.17, 15) is 14.7 Å². The largest absolute Gasteiger partial charge is 0.545 e. The molecule has 88 valence electrons. The fourth-order valence-corrected chi connectivity index (χ4v) is 1.93. The molecule has 0 bridgehead atoms. The third-order valence-electron chi connectivity index (χ3n) is 2.77. The van der Waals surface area contributed by atoms with Gasteiger partial charge in [0.2, 0.25) is 0 Å². The minimum Gasteiger partial charge on any atom is -0.545 e. The van der Waals surface area contributed by atoms with Crippen molar-refractivity contribution < 1.29 is 9.90 Å². The van der Waals surface area contributed by atoms with E-state index in [1.165, 1.54) is 22.7 Å². The van der Waals surface area contributed by atoms with Crippen LogP contribution in [0.15, 0.2) is 47.4 Å². The molecule has 3 rings (SSSR count). The Morgan fingerprint density at radius 2 is 1.94 bits per heavy atom. The highest BCUT2D eigenvalue weighted by Crippen LogP contribution is 2.11. The Morgan fingerprint density at radius 3 is 2.72 bits per heavy atom. The molecular formula is C13H7N2O3-. The molecule has 5 heteroatoms. The first-order chi connectivity index (χ1) is 8.68. The molecule has 0 unspecified atom stereocenters. The molecular weight excluding hydrogens is 232 g/mol. The number of pyridine rings is 1. The van der Waals surface area contributed by atoms with E-state index in [0.717, 1.165) is 0 Å². The van der Waals surface area contributed by atoms with Crippen molar-refractivity contribution in [1.82, 2.24) is 9.38 Å². The number of aromatic carboxylic acids is 1. The van der Waals surface area contributed by atoms with Crippen LogP contribution in [0.2, 0.25) is 0 Å². The number of carbonyl (C=O) groups excluding carboxylic acids is 1. The lowest BCUT2D eigenvalue weighted by Gasteiger charge is -2.08. The van der Waals surface area contributed by atoms with Crippen LogP contribution in [0.25, 0.3) is 16.6 Å². The molecule has 3 aromatic rings. The fourth-order valence-electron chi connectivity index (χ4n) is 1.93. The SMILES string of the molecule is O=C([O-])c1cccn2c(=O)c3ccccc3nc12. The Hall–Kier alpha value is -2.69. The predicted molar refractivity (Wildman–Crippen MR) is 63.3 cm³/mol. The molecule has 0 aliphatic carbocycles. The summed E-state index contributed by atoms with van der Waals surface area (Å²) in [6, 6.07) is 9.65. The highest BCUT2D eigenvalue weighted by atomic mass is 16.4. The maximum Gasteiger partial charge on any atom is 0.265 e. The average Bonchev–Trinajstić information content (AvgIpc) is 2.38. The van der Waals surface area contributed by atoms with Gasteiger partial charge in [-0.15, -0.1) is 0 Å². The number of hydrogen-bond donors (Lipinski definition) is 0. The van der Waals surface area contributed by atoms with Crippen LogP contribution in [0.5, 0.6) is 0 Å². The maximum absolute atomic E-state index is 12.2. The summed E-state index contributed by atoms with van der Waals surface area (Å²) in [6.07, 6.45) is 1.49. The number of carboxylic acids is 1. The third-order valence-corrected chi connectivity index (χ3v) is 2.77. The van der Waals surface area contributed by atoms with Crippen LogP contribution in [-0.4, -0.2) is 15.4 Å². The number of rotatable bonds is 1. The molecule has 0 amide bonds. The van der Waals surface area contributed by atoms with Gasteiger partial charge in [-0.1, -0.05) is 12.1 Å². The summed E-state index contributed by atoms with van der Waals surface area (Å²) in [5, 5.41) is 11.4. The van der Waals surface area contributed by atoms with Crippen LogP contribution in [0.1, 0.15) is 10.4 Å². The molecule has 18 heavy (non-hydrogen) atoms. The van der Waals surface area contributed by atoms with Crippen molar-refractivity contribution in [2.45, 2.75) is 0 Å². The molecule has 0 saturated carbocycles. The highest BCUT2D eigenvalue weighted by Gasteiger charge is 2.08. The number of nitrogens with zero attached hydrogens (tertiary/aromatic N) is 2. The van der Waals surface area contributed by atoms with Gasteiger partial charge in [-0.2, -0.15) is 0 Å². The van der Waals surface area contributed by atoms with Gasteiger partial charge in [-0.05, 0) is 24.3 Å². The zero-order valence-electron chi connectivity index (χ0n) is 9.16. The van der Waals surface area contributed by atoms with Gasteiger partial charge in [-0.25, -0.2) is 4.98 Å². The standard InChI is InChI=1S/C13H8N2O3/c16-12-8-4-1-2-6-10(8)14-11-9(13(17)18)5-3-7-15(11)12/h1-7H,(H,17,18)/p-1. The van der Waals surface area contributed by atoms with E-state index in [4.69, 9.17) is 0 Å². The van der Waals surface area contributed by atoms with Crippen LogP contribution in [0, 0.1) is 0 Å². The van der Waals surface area contributed by atoms with E-state index in [2.05, 4.69) is 4.98 Å². The predicted octanol–water partition coefficient (Wildman–Crippen LogP) is 0.211. The number of carboxylic acid groups (broad SMARTS) is 1. The lowest BCUT2D eigenvalue weighted by atomic mass is 10.2. The van der Waals surface area contributed by atoms with Crippen molar-refractivity contribution in [1.29, 1.82) is 0 Å². The Balaban J connectivity index is 2.60. The summed E-state index contributed by atoms with van der Waals surface area (Å²) in [4.78, 5) is 27.4. The zero-order chi connectivity index (χ0) is 12.7. The van der Waals surface area contributed by atoms with Crippen LogP contribution in [0.3, 0.4) is 0 Å². The molecule has 0 saturated heterocycles. The van der Waals surface area contributed by atoms with Gasteiger partial charge in [0.25, 0.3) is 5.56 Å². The summed E-state index contributed by atoms with van der Waals surface area (Å²) in [5.41, 5.74) is 0.177. The molecule has 2 aromatic heterocycles. The Labute approximate surface area is 101 Å². The van der Waals surface area contributed by atoms with Crippen LogP contribution in [0.4, 0.5) is 0 Å². The summed E-state index contributed by atoms with van der Waals surface area (Å²) < 4.78 is 1.22. The quantitative estimate of drug-likeness (QED) is 0.569.